The maximum atomic E-state index is 8.31. The van der Waals surface area contributed by atoms with E-state index >= 15 is 0 Å². The molecule has 0 aliphatic heterocycles. The second-order valence-electron chi connectivity index (χ2n) is 3.39. The number of nitrogens with two attached hydrogens (primary N) is 1. The van der Waals surface area contributed by atoms with Gasteiger partial charge in [0.1, 0.15) is 0 Å². The van der Waals surface area contributed by atoms with Gasteiger partial charge in [0.25, 0.3) is 0 Å². The van der Waals surface area contributed by atoms with Gasteiger partial charge in [-0.3, -0.25) is 0 Å². The van der Waals surface area contributed by atoms with Gasteiger partial charge in [-0.25, -0.2) is 0 Å². The van der Waals surface area contributed by atoms with E-state index in [9.17, 15) is 0 Å². The molecule has 0 aliphatic carbocycles. The molecule has 0 amide bonds. The summed E-state index contributed by atoms with van der Waals surface area (Å²) in [4.78, 5) is 0. The van der Waals surface area contributed by atoms with Gasteiger partial charge in [-0.2, -0.15) is 0 Å². The number of rotatable bonds is 6. The van der Waals surface area contributed by atoms with Gasteiger partial charge in [0.15, 0.2) is 0 Å². The zero-order valence-corrected chi connectivity index (χ0v) is 7.88. The molecule has 0 aromatic rings. The first-order valence-corrected chi connectivity index (χ1v) is 4.26. The molecule has 12 heavy (non-hydrogen) atoms. The van der Waals surface area contributed by atoms with Crippen molar-refractivity contribution in [3.63, 3.8) is 0 Å². The second kappa shape index (κ2) is 5.97. The van der Waals surface area contributed by atoms with Crippen LogP contribution in [0.15, 0.2) is 5.16 Å². The molecule has 0 aromatic heterocycles. The van der Waals surface area contributed by atoms with E-state index in [0.29, 0.717) is 0 Å². The average Bonchev–Trinajstić information content (AvgIpc) is 1.98. The molecule has 0 rings (SSSR count). The molecule has 0 aliphatic rings. The first-order chi connectivity index (χ1) is 5.62. The van der Waals surface area contributed by atoms with Crippen molar-refractivity contribution in [2.45, 2.75) is 32.2 Å². The van der Waals surface area contributed by atoms with Gasteiger partial charge in [-0.05, 0) is 39.8 Å². The SMILES string of the molecule is CC(C)(C=NO)NCCCCN. The second-order valence-corrected chi connectivity index (χ2v) is 3.39. The zero-order valence-electron chi connectivity index (χ0n) is 7.88. The molecule has 0 spiro atoms. The predicted molar refractivity (Wildman–Crippen MR) is 50.6 cm³/mol. The van der Waals surface area contributed by atoms with E-state index in [4.69, 9.17) is 10.9 Å². The molecular formula is C8H19N3O. The molecule has 72 valence electrons. The largest absolute Gasteiger partial charge is 0.411 e. The van der Waals surface area contributed by atoms with Gasteiger partial charge < -0.3 is 16.3 Å². The van der Waals surface area contributed by atoms with Crippen LogP contribution in [0.1, 0.15) is 26.7 Å². The van der Waals surface area contributed by atoms with Crippen molar-refractivity contribution in [3.8, 4) is 0 Å². The third-order valence-corrected chi connectivity index (χ3v) is 1.59. The Hall–Kier alpha value is -0.610. The lowest BCUT2D eigenvalue weighted by molar-refractivity contribution is 0.315. The summed E-state index contributed by atoms with van der Waals surface area (Å²) in [6.45, 7) is 5.54. The number of oxime groups is 1. The Balaban J connectivity index is 3.47. The normalized spacial score (nSPS) is 12.6. The van der Waals surface area contributed by atoms with Crippen LogP contribution < -0.4 is 11.1 Å². The molecule has 0 fully saturated rings. The van der Waals surface area contributed by atoms with E-state index in [0.717, 1.165) is 25.9 Å². The van der Waals surface area contributed by atoms with E-state index in [1.165, 1.54) is 6.21 Å². The molecule has 0 radical (unpaired) electrons. The minimum absolute atomic E-state index is 0.233. The summed E-state index contributed by atoms with van der Waals surface area (Å²) in [6.07, 6.45) is 3.56. The minimum atomic E-state index is -0.233. The molecule has 4 N–H and O–H groups in total. The standard InChI is InChI=1S/C8H19N3O/c1-8(2,7-11-12)10-6-4-3-5-9/h7,10,12H,3-6,9H2,1-2H3. The van der Waals surface area contributed by atoms with E-state index in [2.05, 4.69) is 10.5 Å². The fourth-order valence-corrected chi connectivity index (χ4v) is 0.870. The lowest BCUT2D eigenvalue weighted by atomic mass is 10.1. The van der Waals surface area contributed by atoms with Gasteiger partial charge in [0.2, 0.25) is 0 Å². The monoisotopic (exact) mass is 173 g/mol. The van der Waals surface area contributed by atoms with Crippen molar-refractivity contribution in [2.24, 2.45) is 10.9 Å². The van der Waals surface area contributed by atoms with E-state index < -0.39 is 0 Å². The molecule has 0 aromatic carbocycles. The zero-order chi connectivity index (χ0) is 9.45. The van der Waals surface area contributed by atoms with Crippen molar-refractivity contribution >= 4 is 6.21 Å². The summed E-state index contributed by atoms with van der Waals surface area (Å²) in [6, 6.07) is 0. The van der Waals surface area contributed by atoms with Crippen molar-refractivity contribution < 1.29 is 5.21 Å². The molecule has 0 unspecified atom stereocenters. The Morgan fingerprint density at radius 1 is 1.50 bits per heavy atom. The van der Waals surface area contributed by atoms with Crippen LogP contribution in [-0.2, 0) is 0 Å². The minimum Gasteiger partial charge on any atom is -0.411 e. The van der Waals surface area contributed by atoms with Gasteiger partial charge in [-0.15, -0.1) is 5.16 Å². The topological polar surface area (TPSA) is 70.6 Å². The Morgan fingerprint density at radius 2 is 2.17 bits per heavy atom. The van der Waals surface area contributed by atoms with Gasteiger partial charge in [0, 0.05) is 0 Å². The maximum absolute atomic E-state index is 8.31. The van der Waals surface area contributed by atoms with Gasteiger partial charge >= 0.3 is 0 Å². The Bertz CT molecular complexity index is 134. The van der Waals surface area contributed by atoms with Crippen LogP contribution in [0.2, 0.25) is 0 Å². The fraction of sp³-hybridized carbons (Fsp3) is 0.875. The molecular weight excluding hydrogens is 154 g/mol. The maximum Gasteiger partial charge on any atom is 0.0631 e. The van der Waals surface area contributed by atoms with E-state index in [1.54, 1.807) is 0 Å². The molecule has 4 nitrogen and oxygen atoms in total. The number of nitrogens with zero attached hydrogens (tertiary/aromatic N) is 1. The van der Waals surface area contributed by atoms with E-state index in [1.807, 2.05) is 13.8 Å². The molecule has 0 heterocycles. The van der Waals surface area contributed by atoms with Crippen LogP contribution in [0.25, 0.3) is 0 Å². The van der Waals surface area contributed by atoms with Crippen LogP contribution in [0.3, 0.4) is 0 Å². The number of unbranched alkanes of at least 4 members (excludes halogenated alkanes) is 1. The number of hydrogen-bond donors (Lipinski definition) is 3. The summed E-state index contributed by atoms with van der Waals surface area (Å²) in [5.74, 6) is 0. The van der Waals surface area contributed by atoms with Crippen molar-refractivity contribution in [1.82, 2.24) is 5.32 Å². The van der Waals surface area contributed by atoms with Crippen LogP contribution in [0.5, 0.6) is 0 Å². The highest BCUT2D eigenvalue weighted by Crippen LogP contribution is 1.97. The Morgan fingerprint density at radius 3 is 2.67 bits per heavy atom. The highest BCUT2D eigenvalue weighted by atomic mass is 16.4. The lowest BCUT2D eigenvalue weighted by Crippen LogP contribution is -2.41. The fourth-order valence-electron chi connectivity index (χ4n) is 0.870. The number of hydrogen-bond acceptors (Lipinski definition) is 4. The molecule has 0 bridgehead atoms. The quantitative estimate of drug-likeness (QED) is 0.238. The summed E-state index contributed by atoms with van der Waals surface area (Å²) >= 11 is 0. The number of nitrogens with one attached hydrogen (secondary N) is 1. The first-order valence-electron chi connectivity index (χ1n) is 4.26. The van der Waals surface area contributed by atoms with Crippen molar-refractivity contribution in [2.75, 3.05) is 13.1 Å². The van der Waals surface area contributed by atoms with Gasteiger partial charge in [0.05, 0.1) is 11.8 Å². The smallest absolute Gasteiger partial charge is 0.0631 e. The highest BCUT2D eigenvalue weighted by molar-refractivity contribution is 5.68. The highest BCUT2D eigenvalue weighted by Gasteiger charge is 2.12. The molecule has 0 saturated carbocycles. The first kappa shape index (κ1) is 11.4. The summed E-state index contributed by atoms with van der Waals surface area (Å²) in [5.41, 5.74) is 5.11. The summed E-state index contributed by atoms with van der Waals surface area (Å²) in [7, 11) is 0. The van der Waals surface area contributed by atoms with E-state index in [-0.39, 0.29) is 5.54 Å². The average molecular weight is 173 g/mol. The molecule has 4 heteroatoms. The van der Waals surface area contributed by atoms with Crippen molar-refractivity contribution in [3.05, 3.63) is 0 Å². The van der Waals surface area contributed by atoms with Crippen LogP contribution >= 0.6 is 0 Å². The summed E-state index contributed by atoms with van der Waals surface area (Å²) < 4.78 is 0. The predicted octanol–water partition coefficient (Wildman–Crippen LogP) is 0.554. The third kappa shape index (κ3) is 6.12. The Labute approximate surface area is 73.8 Å². The summed E-state index contributed by atoms with van der Waals surface area (Å²) in [5, 5.41) is 14.5. The van der Waals surface area contributed by atoms with Gasteiger partial charge in [-0.1, -0.05) is 0 Å². The molecule has 0 saturated heterocycles. The Kier molecular flexibility index (Phi) is 5.66. The van der Waals surface area contributed by atoms with Crippen molar-refractivity contribution in [1.29, 1.82) is 0 Å². The molecule has 0 atom stereocenters. The van der Waals surface area contributed by atoms with Crippen LogP contribution in [0, 0.1) is 0 Å². The van der Waals surface area contributed by atoms with Crippen LogP contribution in [-0.4, -0.2) is 30.1 Å². The third-order valence-electron chi connectivity index (χ3n) is 1.59. The lowest BCUT2D eigenvalue weighted by Gasteiger charge is -2.20. The van der Waals surface area contributed by atoms with Crippen LogP contribution in [0.4, 0.5) is 0 Å².